The first kappa shape index (κ1) is 13.8. The van der Waals surface area contributed by atoms with Crippen molar-refractivity contribution >= 4 is 45.1 Å². The number of nitrogen functional groups attached to an aromatic ring is 1. The predicted molar refractivity (Wildman–Crippen MR) is 76.6 cm³/mol. The van der Waals surface area contributed by atoms with E-state index in [2.05, 4.69) is 41.6 Å². The van der Waals surface area contributed by atoms with Crippen molar-refractivity contribution < 1.29 is 4.74 Å². The van der Waals surface area contributed by atoms with Gasteiger partial charge in [-0.25, -0.2) is 5.84 Å². The molecule has 0 saturated heterocycles. The van der Waals surface area contributed by atoms with E-state index in [0.717, 1.165) is 10.2 Å². The van der Waals surface area contributed by atoms with Gasteiger partial charge < -0.3 is 10.1 Å². The van der Waals surface area contributed by atoms with Crippen LogP contribution in [0.15, 0.2) is 22.7 Å². The topological polar surface area (TPSA) is 98.0 Å². The van der Waals surface area contributed by atoms with Crippen LogP contribution in [0.4, 0.5) is 17.6 Å². The lowest BCUT2D eigenvalue weighted by Gasteiger charge is -2.08. The van der Waals surface area contributed by atoms with Crippen molar-refractivity contribution in [1.82, 2.24) is 15.0 Å². The van der Waals surface area contributed by atoms with Gasteiger partial charge in [0.05, 0.1) is 12.1 Å². The molecule has 0 aliphatic carbocycles. The zero-order valence-electron chi connectivity index (χ0n) is 9.82. The first-order valence-electron chi connectivity index (χ1n) is 5.11. The van der Waals surface area contributed by atoms with E-state index < -0.39 is 0 Å². The Labute approximate surface area is 122 Å². The highest BCUT2D eigenvalue weighted by Crippen LogP contribution is 2.27. The molecule has 9 heteroatoms. The third-order valence-corrected chi connectivity index (χ3v) is 3.32. The van der Waals surface area contributed by atoms with Crippen LogP contribution in [0, 0.1) is 0 Å². The van der Waals surface area contributed by atoms with Crippen molar-refractivity contribution in [3.05, 3.63) is 27.7 Å². The maximum Gasteiger partial charge on any atom is 0.322 e. The second-order valence-corrected chi connectivity index (χ2v) is 4.63. The third-order valence-electron chi connectivity index (χ3n) is 2.10. The van der Waals surface area contributed by atoms with Gasteiger partial charge in [0.1, 0.15) is 0 Å². The Balaban J connectivity index is 2.29. The molecule has 0 saturated carbocycles. The minimum atomic E-state index is 0.151. The molecule has 0 fully saturated rings. The van der Waals surface area contributed by atoms with E-state index in [1.54, 1.807) is 18.2 Å². The first-order chi connectivity index (χ1) is 9.12. The van der Waals surface area contributed by atoms with Crippen LogP contribution in [0.3, 0.4) is 0 Å². The zero-order chi connectivity index (χ0) is 13.8. The molecule has 0 unspecified atom stereocenters. The Hall–Kier alpha value is -1.64. The van der Waals surface area contributed by atoms with Gasteiger partial charge in [-0.2, -0.15) is 15.0 Å². The number of halogens is 2. The van der Waals surface area contributed by atoms with Crippen molar-refractivity contribution in [2.75, 3.05) is 17.9 Å². The Morgan fingerprint density at radius 2 is 2.00 bits per heavy atom. The molecule has 7 nitrogen and oxygen atoms in total. The number of anilines is 3. The van der Waals surface area contributed by atoms with Gasteiger partial charge in [-0.05, 0) is 34.1 Å². The quantitative estimate of drug-likeness (QED) is 0.578. The molecule has 4 N–H and O–H groups in total. The molecule has 1 heterocycles. The van der Waals surface area contributed by atoms with Gasteiger partial charge in [0.2, 0.25) is 11.9 Å². The Morgan fingerprint density at radius 1 is 1.26 bits per heavy atom. The molecule has 0 aliphatic heterocycles. The summed E-state index contributed by atoms with van der Waals surface area (Å²) >= 11 is 9.25. The fourth-order valence-electron chi connectivity index (χ4n) is 1.27. The van der Waals surface area contributed by atoms with Crippen LogP contribution in [-0.4, -0.2) is 22.1 Å². The second kappa shape index (κ2) is 6.00. The molecule has 0 bridgehead atoms. The van der Waals surface area contributed by atoms with E-state index in [-0.39, 0.29) is 12.0 Å². The Kier molecular flexibility index (Phi) is 4.35. The van der Waals surface area contributed by atoms with Gasteiger partial charge in [0.25, 0.3) is 0 Å². The highest BCUT2D eigenvalue weighted by atomic mass is 79.9. The summed E-state index contributed by atoms with van der Waals surface area (Å²) in [6, 6.07) is 5.49. The maximum atomic E-state index is 5.92. The lowest BCUT2D eigenvalue weighted by atomic mass is 10.3. The molecule has 0 spiro atoms. The number of rotatable bonds is 4. The highest BCUT2D eigenvalue weighted by molar-refractivity contribution is 9.10. The Morgan fingerprint density at radius 3 is 2.63 bits per heavy atom. The third kappa shape index (κ3) is 3.43. The smallest absolute Gasteiger partial charge is 0.322 e. The van der Waals surface area contributed by atoms with Crippen molar-refractivity contribution in [2.45, 2.75) is 0 Å². The number of hydrogen-bond acceptors (Lipinski definition) is 7. The van der Waals surface area contributed by atoms with Crippen LogP contribution in [-0.2, 0) is 0 Å². The van der Waals surface area contributed by atoms with Crippen LogP contribution >= 0.6 is 27.5 Å². The number of methoxy groups -OCH3 is 1. The van der Waals surface area contributed by atoms with E-state index >= 15 is 0 Å². The molecule has 1 aromatic carbocycles. The van der Waals surface area contributed by atoms with Gasteiger partial charge >= 0.3 is 6.01 Å². The zero-order valence-corrected chi connectivity index (χ0v) is 12.2. The number of hydrazine groups is 1. The molecule has 0 aliphatic rings. The number of ether oxygens (including phenoxy) is 1. The lowest BCUT2D eigenvalue weighted by Crippen LogP contribution is -2.13. The van der Waals surface area contributed by atoms with E-state index in [0.29, 0.717) is 11.0 Å². The normalized spacial score (nSPS) is 10.1. The molecule has 0 amide bonds. The fourth-order valence-corrected chi connectivity index (χ4v) is 1.77. The highest BCUT2D eigenvalue weighted by Gasteiger charge is 2.07. The largest absolute Gasteiger partial charge is 0.467 e. The minimum Gasteiger partial charge on any atom is -0.467 e. The predicted octanol–water partition coefficient (Wildman–Crippen LogP) is 2.33. The van der Waals surface area contributed by atoms with Crippen LogP contribution < -0.4 is 21.3 Å². The summed E-state index contributed by atoms with van der Waals surface area (Å²) < 4.78 is 5.71. The standard InChI is InChI=1S/C10H10BrClN6O/c1-19-10-16-8(15-9(17-10)18-13)14-5-2-3-7(12)6(11)4-5/h2-4H,13H2,1H3,(H2,14,15,16,17,18). The number of nitrogens with zero attached hydrogens (tertiary/aromatic N) is 3. The Bertz CT molecular complexity index is 574. The number of aromatic nitrogens is 3. The van der Waals surface area contributed by atoms with E-state index in [1.807, 2.05) is 0 Å². The molecular formula is C10H10BrClN6O. The van der Waals surface area contributed by atoms with Gasteiger partial charge in [0, 0.05) is 10.2 Å². The van der Waals surface area contributed by atoms with E-state index in [4.69, 9.17) is 22.2 Å². The van der Waals surface area contributed by atoms with Crippen molar-refractivity contribution in [2.24, 2.45) is 5.84 Å². The number of nitrogens with two attached hydrogens (primary N) is 1. The summed E-state index contributed by atoms with van der Waals surface area (Å²) in [6.45, 7) is 0. The molecule has 100 valence electrons. The molecule has 0 atom stereocenters. The maximum absolute atomic E-state index is 5.92. The molecule has 19 heavy (non-hydrogen) atoms. The lowest BCUT2D eigenvalue weighted by molar-refractivity contribution is 0.379. The van der Waals surface area contributed by atoms with Crippen LogP contribution in [0.5, 0.6) is 6.01 Å². The summed E-state index contributed by atoms with van der Waals surface area (Å²) in [7, 11) is 1.46. The number of benzene rings is 1. The van der Waals surface area contributed by atoms with Gasteiger partial charge in [-0.3, -0.25) is 5.43 Å². The minimum absolute atomic E-state index is 0.151. The fraction of sp³-hybridized carbons (Fsp3) is 0.100. The second-order valence-electron chi connectivity index (χ2n) is 3.37. The van der Waals surface area contributed by atoms with Gasteiger partial charge in [-0.15, -0.1) is 0 Å². The summed E-state index contributed by atoms with van der Waals surface area (Å²) in [5.74, 6) is 5.77. The van der Waals surface area contributed by atoms with Crippen LogP contribution in [0.2, 0.25) is 5.02 Å². The van der Waals surface area contributed by atoms with Crippen LogP contribution in [0.25, 0.3) is 0 Å². The molecule has 2 rings (SSSR count). The van der Waals surface area contributed by atoms with E-state index in [1.165, 1.54) is 7.11 Å². The van der Waals surface area contributed by atoms with Crippen molar-refractivity contribution in [3.8, 4) is 6.01 Å². The summed E-state index contributed by atoms with van der Waals surface area (Å²) in [6.07, 6.45) is 0. The van der Waals surface area contributed by atoms with Gasteiger partial charge in [-0.1, -0.05) is 11.6 Å². The van der Waals surface area contributed by atoms with Crippen LogP contribution in [0.1, 0.15) is 0 Å². The average Bonchev–Trinajstić information content (AvgIpc) is 2.42. The monoisotopic (exact) mass is 344 g/mol. The summed E-state index contributed by atoms with van der Waals surface area (Å²) in [4.78, 5) is 12.0. The van der Waals surface area contributed by atoms with Crippen molar-refractivity contribution in [1.29, 1.82) is 0 Å². The molecule has 1 aromatic heterocycles. The van der Waals surface area contributed by atoms with E-state index in [9.17, 15) is 0 Å². The van der Waals surface area contributed by atoms with Gasteiger partial charge in [0.15, 0.2) is 0 Å². The number of nitrogens with one attached hydrogen (secondary N) is 2. The summed E-state index contributed by atoms with van der Waals surface area (Å²) in [5.41, 5.74) is 3.09. The first-order valence-corrected chi connectivity index (χ1v) is 6.28. The molecular weight excluding hydrogens is 336 g/mol. The summed E-state index contributed by atoms with van der Waals surface area (Å²) in [5, 5.41) is 3.61. The van der Waals surface area contributed by atoms with Crippen molar-refractivity contribution in [3.63, 3.8) is 0 Å². The molecule has 2 aromatic rings. The molecule has 0 radical (unpaired) electrons. The SMILES string of the molecule is COc1nc(NN)nc(Nc2ccc(Cl)c(Br)c2)n1. The number of hydrogen-bond donors (Lipinski definition) is 3. The average molecular weight is 346 g/mol.